The smallest absolute Gasteiger partial charge is 0.257 e. The van der Waals surface area contributed by atoms with E-state index < -0.39 is 5.60 Å². The van der Waals surface area contributed by atoms with E-state index in [1.54, 1.807) is 18.0 Å². The lowest BCUT2D eigenvalue weighted by molar-refractivity contribution is -0.131. The summed E-state index contributed by atoms with van der Waals surface area (Å²) in [6.07, 6.45) is 4.11. The molecule has 1 aliphatic rings. The fourth-order valence-electron chi connectivity index (χ4n) is 2.36. The van der Waals surface area contributed by atoms with Crippen LogP contribution in [0.15, 0.2) is 36.7 Å². The minimum atomic E-state index is -1.25. The van der Waals surface area contributed by atoms with E-state index in [4.69, 9.17) is 0 Å². The fourth-order valence-corrected chi connectivity index (χ4v) is 3.60. The van der Waals surface area contributed by atoms with Gasteiger partial charge in [-0.15, -0.1) is 0 Å². The second-order valence-corrected chi connectivity index (χ2v) is 6.34. The lowest BCUT2D eigenvalue weighted by Gasteiger charge is -2.20. The van der Waals surface area contributed by atoms with Crippen LogP contribution in [0.3, 0.4) is 0 Å². The molecule has 0 spiro atoms. The summed E-state index contributed by atoms with van der Waals surface area (Å²) >= 11 is 1.60. The Bertz CT molecular complexity index is 662. The molecule has 1 aliphatic heterocycles. The average Bonchev–Trinajstić information content (AvgIpc) is 3.09. The maximum atomic E-state index is 12.2. The molecular formula is C15H17N3O2S. The van der Waals surface area contributed by atoms with Gasteiger partial charge >= 0.3 is 0 Å². The van der Waals surface area contributed by atoms with Gasteiger partial charge in [0.15, 0.2) is 5.60 Å². The molecule has 1 atom stereocenters. The highest BCUT2D eigenvalue weighted by Gasteiger charge is 2.39. The average molecular weight is 303 g/mol. The number of aliphatic hydroxyl groups is 1. The molecule has 1 fully saturated rings. The van der Waals surface area contributed by atoms with Gasteiger partial charge in [-0.25, -0.2) is 4.98 Å². The van der Waals surface area contributed by atoms with Crippen LogP contribution in [0.1, 0.15) is 6.42 Å². The van der Waals surface area contributed by atoms with Crippen LogP contribution in [0.4, 0.5) is 5.69 Å². The predicted molar refractivity (Wildman–Crippen MR) is 84.2 cm³/mol. The van der Waals surface area contributed by atoms with Crippen LogP contribution in [-0.2, 0) is 11.8 Å². The number of amides is 1. The van der Waals surface area contributed by atoms with E-state index in [1.807, 2.05) is 42.1 Å². The maximum absolute atomic E-state index is 12.2. The lowest BCUT2D eigenvalue weighted by Crippen LogP contribution is -2.42. The van der Waals surface area contributed by atoms with E-state index in [9.17, 15) is 9.90 Å². The van der Waals surface area contributed by atoms with E-state index in [-0.39, 0.29) is 5.91 Å². The molecule has 21 heavy (non-hydrogen) atoms. The van der Waals surface area contributed by atoms with Gasteiger partial charge in [-0.05, 0) is 24.3 Å². The zero-order chi connectivity index (χ0) is 14.9. The fraction of sp³-hybridized carbons (Fsp3) is 0.333. The predicted octanol–water partition coefficient (Wildman–Crippen LogP) is 1.89. The summed E-state index contributed by atoms with van der Waals surface area (Å²) in [5.74, 6) is 1.78. The van der Waals surface area contributed by atoms with Crippen molar-refractivity contribution in [1.82, 2.24) is 9.55 Å². The number of carbonyl (C=O) groups excluding carboxylic acids is 1. The number of rotatable bonds is 3. The molecule has 1 aromatic carbocycles. The lowest BCUT2D eigenvalue weighted by atomic mass is 10.0. The van der Waals surface area contributed by atoms with Crippen molar-refractivity contribution in [3.8, 4) is 11.4 Å². The van der Waals surface area contributed by atoms with Gasteiger partial charge in [0.1, 0.15) is 5.82 Å². The minimum absolute atomic E-state index is 0.329. The number of aromatic nitrogens is 2. The number of aryl methyl sites for hydroxylation is 1. The van der Waals surface area contributed by atoms with Crippen molar-refractivity contribution >= 4 is 23.4 Å². The number of carbonyl (C=O) groups is 1. The molecule has 3 rings (SSSR count). The number of nitrogens with zero attached hydrogens (tertiary/aromatic N) is 2. The molecule has 6 heteroatoms. The molecule has 110 valence electrons. The second-order valence-electron chi connectivity index (χ2n) is 5.23. The summed E-state index contributed by atoms with van der Waals surface area (Å²) in [5, 5.41) is 13.1. The number of anilines is 1. The zero-order valence-corrected chi connectivity index (χ0v) is 12.6. The Balaban J connectivity index is 1.81. The number of hydrogen-bond acceptors (Lipinski definition) is 4. The van der Waals surface area contributed by atoms with Crippen molar-refractivity contribution < 1.29 is 9.90 Å². The van der Waals surface area contributed by atoms with Crippen molar-refractivity contribution in [3.63, 3.8) is 0 Å². The summed E-state index contributed by atoms with van der Waals surface area (Å²) in [4.78, 5) is 16.5. The normalized spacial score (nSPS) is 21.4. The number of imidazole rings is 1. The van der Waals surface area contributed by atoms with Gasteiger partial charge in [0, 0.05) is 36.4 Å². The Kier molecular flexibility index (Phi) is 3.73. The third-order valence-corrected chi connectivity index (χ3v) is 4.80. The van der Waals surface area contributed by atoms with Gasteiger partial charge in [-0.1, -0.05) is 12.1 Å². The molecule has 5 nitrogen and oxygen atoms in total. The minimum Gasteiger partial charge on any atom is -0.379 e. The zero-order valence-electron chi connectivity index (χ0n) is 11.7. The first-order chi connectivity index (χ1) is 10.1. The van der Waals surface area contributed by atoms with Gasteiger partial charge in [-0.3, -0.25) is 4.79 Å². The van der Waals surface area contributed by atoms with Crippen LogP contribution >= 0.6 is 11.8 Å². The first-order valence-corrected chi connectivity index (χ1v) is 7.93. The van der Waals surface area contributed by atoms with E-state index in [2.05, 4.69) is 10.3 Å². The SMILES string of the molecule is Cn1ccnc1-c1cccc(NC(=O)C2(O)CCSC2)c1. The van der Waals surface area contributed by atoms with Crippen LogP contribution in [0, 0.1) is 0 Å². The highest BCUT2D eigenvalue weighted by Crippen LogP contribution is 2.29. The Morgan fingerprint density at radius 3 is 3.05 bits per heavy atom. The number of benzene rings is 1. The molecule has 1 amide bonds. The first kappa shape index (κ1) is 14.2. The monoisotopic (exact) mass is 303 g/mol. The van der Waals surface area contributed by atoms with Crippen molar-refractivity contribution in [2.24, 2.45) is 7.05 Å². The van der Waals surface area contributed by atoms with Crippen LogP contribution in [0.25, 0.3) is 11.4 Å². The standard InChI is InChI=1S/C15H17N3O2S/c1-18-7-6-16-13(18)11-3-2-4-12(9-11)17-14(19)15(20)5-8-21-10-15/h2-4,6-7,9,20H,5,8,10H2,1H3,(H,17,19). The molecular weight excluding hydrogens is 286 g/mol. The van der Waals surface area contributed by atoms with Gasteiger partial charge in [-0.2, -0.15) is 11.8 Å². The molecule has 2 heterocycles. The Labute approximate surface area is 127 Å². The van der Waals surface area contributed by atoms with Gasteiger partial charge in [0.25, 0.3) is 5.91 Å². The molecule has 0 aliphatic carbocycles. The van der Waals surface area contributed by atoms with Gasteiger partial charge in [0.05, 0.1) is 0 Å². The second kappa shape index (κ2) is 5.54. The summed E-state index contributed by atoms with van der Waals surface area (Å²) in [7, 11) is 1.92. The Hall–Kier alpha value is -1.79. The quantitative estimate of drug-likeness (QED) is 0.909. The molecule has 1 aromatic heterocycles. The van der Waals surface area contributed by atoms with E-state index in [1.165, 1.54) is 0 Å². The third-order valence-electron chi connectivity index (χ3n) is 3.62. The van der Waals surface area contributed by atoms with Crippen molar-refractivity contribution in [2.75, 3.05) is 16.8 Å². The number of hydrogen-bond donors (Lipinski definition) is 2. The molecule has 1 unspecified atom stereocenters. The van der Waals surface area contributed by atoms with E-state index >= 15 is 0 Å². The summed E-state index contributed by atoms with van der Waals surface area (Å²) in [6.45, 7) is 0. The van der Waals surface area contributed by atoms with Crippen LogP contribution < -0.4 is 5.32 Å². The number of thioether (sulfide) groups is 1. The topological polar surface area (TPSA) is 67.2 Å². The third kappa shape index (κ3) is 2.82. The van der Waals surface area contributed by atoms with Crippen LogP contribution in [0.5, 0.6) is 0 Å². The molecule has 0 radical (unpaired) electrons. The van der Waals surface area contributed by atoms with Crippen LogP contribution in [-0.4, -0.2) is 37.7 Å². The summed E-state index contributed by atoms with van der Waals surface area (Å²) < 4.78 is 1.92. The van der Waals surface area contributed by atoms with E-state index in [0.717, 1.165) is 17.1 Å². The molecule has 0 bridgehead atoms. The summed E-state index contributed by atoms with van der Waals surface area (Å²) in [6, 6.07) is 7.49. The van der Waals surface area contributed by atoms with Gasteiger partial charge in [0.2, 0.25) is 0 Å². The maximum Gasteiger partial charge on any atom is 0.257 e. The molecule has 1 saturated heterocycles. The van der Waals surface area contributed by atoms with Gasteiger partial charge < -0.3 is 15.0 Å². The van der Waals surface area contributed by atoms with Crippen molar-refractivity contribution in [1.29, 1.82) is 0 Å². The summed E-state index contributed by atoms with van der Waals surface area (Å²) in [5.41, 5.74) is 0.350. The molecule has 2 N–H and O–H groups in total. The highest BCUT2D eigenvalue weighted by atomic mass is 32.2. The molecule has 0 saturated carbocycles. The first-order valence-electron chi connectivity index (χ1n) is 6.78. The van der Waals surface area contributed by atoms with Crippen LogP contribution in [0.2, 0.25) is 0 Å². The van der Waals surface area contributed by atoms with Crippen molar-refractivity contribution in [3.05, 3.63) is 36.7 Å². The Morgan fingerprint density at radius 2 is 2.38 bits per heavy atom. The van der Waals surface area contributed by atoms with Crippen molar-refractivity contribution in [2.45, 2.75) is 12.0 Å². The number of nitrogens with one attached hydrogen (secondary N) is 1. The molecule has 2 aromatic rings. The highest BCUT2D eigenvalue weighted by molar-refractivity contribution is 7.99. The van der Waals surface area contributed by atoms with E-state index in [0.29, 0.717) is 17.9 Å². The Morgan fingerprint density at radius 1 is 1.52 bits per heavy atom. The largest absolute Gasteiger partial charge is 0.379 e.